The number of carbonyl (C=O) groups excluding carboxylic acids is 3. The maximum atomic E-state index is 13.2. The highest BCUT2D eigenvalue weighted by atomic mass is 16.2. The largest absolute Gasteiger partial charge is 0.342 e. The van der Waals surface area contributed by atoms with Gasteiger partial charge < -0.3 is 9.80 Å². The molecule has 2 amide bonds. The second kappa shape index (κ2) is 10.6. The zero-order valence-corrected chi connectivity index (χ0v) is 18.6. The number of ketones is 1. The van der Waals surface area contributed by atoms with Crippen LogP contribution in [-0.4, -0.2) is 53.6 Å². The number of hydrogen-bond donors (Lipinski definition) is 0. The van der Waals surface area contributed by atoms with Gasteiger partial charge in [-0.3, -0.25) is 14.4 Å². The predicted octanol–water partition coefficient (Wildman–Crippen LogP) is 3.98. The standard InChI is InChI=1S/C27H32N2O3/c30-25-14-13-24(20-29(25)17-7-10-21-8-3-1-4-9-21)27(32)28-18-15-23(16-19-28)26(31)22-11-5-2-6-12-22/h1-6,8-9,11-12,23-24H,7,10,13-20H2/t24-/m1/s1. The van der Waals surface area contributed by atoms with Crippen LogP contribution < -0.4 is 0 Å². The van der Waals surface area contributed by atoms with Crippen molar-refractivity contribution in [2.45, 2.75) is 38.5 Å². The van der Waals surface area contributed by atoms with E-state index in [1.165, 1.54) is 5.56 Å². The smallest absolute Gasteiger partial charge is 0.227 e. The van der Waals surface area contributed by atoms with E-state index in [0.29, 0.717) is 51.9 Å². The minimum absolute atomic E-state index is 0.0103. The molecule has 2 heterocycles. The molecule has 0 bridgehead atoms. The van der Waals surface area contributed by atoms with Crippen molar-refractivity contribution in [3.05, 3.63) is 71.8 Å². The Morgan fingerprint density at radius 1 is 0.844 bits per heavy atom. The van der Waals surface area contributed by atoms with E-state index in [1.54, 1.807) is 0 Å². The summed E-state index contributed by atoms with van der Waals surface area (Å²) < 4.78 is 0. The van der Waals surface area contributed by atoms with Crippen molar-refractivity contribution in [3.63, 3.8) is 0 Å². The number of benzene rings is 2. The number of aryl methyl sites for hydroxylation is 1. The van der Waals surface area contributed by atoms with Crippen LogP contribution in [0.15, 0.2) is 60.7 Å². The Morgan fingerprint density at radius 2 is 1.50 bits per heavy atom. The molecule has 168 valence electrons. The van der Waals surface area contributed by atoms with E-state index in [2.05, 4.69) is 12.1 Å². The fraction of sp³-hybridized carbons (Fsp3) is 0.444. The third-order valence-corrected chi connectivity index (χ3v) is 6.82. The van der Waals surface area contributed by atoms with Gasteiger partial charge in [-0.15, -0.1) is 0 Å². The molecular weight excluding hydrogens is 400 g/mol. The molecule has 2 aromatic carbocycles. The Bertz CT molecular complexity index is 920. The fourth-order valence-electron chi connectivity index (χ4n) is 4.91. The highest BCUT2D eigenvalue weighted by Crippen LogP contribution is 2.26. The molecule has 4 rings (SSSR count). The molecule has 2 aliphatic heterocycles. The van der Waals surface area contributed by atoms with E-state index in [0.717, 1.165) is 18.4 Å². The molecular formula is C27H32N2O3. The molecule has 0 N–H and O–H groups in total. The summed E-state index contributed by atoms with van der Waals surface area (Å²) in [6.45, 7) is 2.47. The van der Waals surface area contributed by atoms with Crippen LogP contribution in [-0.2, 0) is 16.0 Å². The average Bonchev–Trinajstić information content (AvgIpc) is 2.85. The summed E-state index contributed by atoms with van der Waals surface area (Å²) in [6, 6.07) is 19.7. The minimum atomic E-state index is -0.120. The molecule has 0 aromatic heterocycles. The van der Waals surface area contributed by atoms with Crippen molar-refractivity contribution in [2.24, 2.45) is 11.8 Å². The third kappa shape index (κ3) is 5.45. The Labute approximate surface area is 190 Å². The van der Waals surface area contributed by atoms with Gasteiger partial charge in [0.2, 0.25) is 11.8 Å². The maximum absolute atomic E-state index is 13.2. The number of amides is 2. The molecule has 2 aliphatic rings. The van der Waals surface area contributed by atoms with Gasteiger partial charge in [0.05, 0.1) is 5.92 Å². The molecule has 0 radical (unpaired) electrons. The Morgan fingerprint density at radius 3 is 2.19 bits per heavy atom. The van der Waals surface area contributed by atoms with Gasteiger partial charge in [-0.1, -0.05) is 60.7 Å². The lowest BCUT2D eigenvalue weighted by Gasteiger charge is -2.37. The van der Waals surface area contributed by atoms with Crippen molar-refractivity contribution in [1.29, 1.82) is 0 Å². The minimum Gasteiger partial charge on any atom is -0.342 e. The van der Waals surface area contributed by atoms with E-state index in [-0.39, 0.29) is 29.4 Å². The van der Waals surface area contributed by atoms with Crippen LogP contribution in [0.2, 0.25) is 0 Å². The number of likely N-dealkylation sites (tertiary alicyclic amines) is 2. The number of rotatable bonds is 7. The monoisotopic (exact) mass is 432 g/mol. The molecule has 0 spiro atoms. The van der Waals surface area contributed by atoms with Crippen LogP contribution in [0.5, 0.6) is 0 Å². The van der Waals surface area contributed by atoms with Gasteiger partial charge in [0.25, 0.3) is 0 Å². The first kappa shape index (κ1) is 22.3. The highest BCUT2D eigenvalue weighted by molar-refractivity contribution is 5.98. The van der Waals surface area contributed by atoms with E-state index in [9.17, 15) is 14.4 Å². The topological polar surface area (TPSA) is 57.7 Å². The third-order valence-electron chi connectivity index (χ3n) is 6.82. The molecule has 32 heavy (non-hydrogen) atoms. The van der Waals surface area contributed by atoms with E-state index in [1.807, 2.05) is 58.3 Å². The number of nitrogens with zero attached hydrogens (tertiary/aromatic N) is 2. The predicted molar refractivity (Wildman–Crippen MR) is 124 cm³/mol. The van der Waals surface area contributed by atoms with E-state index >= 15 is 0 Å². The van der Waals surface area contributed by atoms with Crippen LogP contribution in [0.1, 0.15) is 48.0 Å². The van der Waals surface area contributed by atoms with Crippen molar-refractivity contribution in [1.82, 2.24) is 9.80 Å². The first-order valence-corrected chi connectivity index (χ1v) is 11.8. The summed E-state index contributed by atoms with van der Waals surface area (Å²) in [5, 5.41) is 0. The molecule has 5 nitrogen and oxygen atoms in total. The fourth-order valence-corrected chi connectivity index (χ4v) is 4.91. The lowest BCUT2D eigenvalue weighted by Crippen LogP contribution is -2.49. The maximum Gasteiger partial charge on any atom is 0.227 e. The van der Waals surface area contributed by atoms with Crippen molar-refractivity contribution in [3.8, 4) is 0 Å². The van der Waals surface area contributed by atoms with Crippen LogP contribution in [0.25, 0.3) is 0 Å². The summed E-state index contributed by atoms with van der Waals surface area (Å²) in [6.07, 6.45) is 4.36. The van der Waals surface area contributed by atoms with Gasteiger partial charge in [0, 0.05) is 44.1 Å². The number of Topliss-reactive ketones (excluding diaryl/α,β-unsaturated/α-hetero) is 1. The second-order valence-electron chi connectivity index (χ2n) is 8.99. The zero-order chi connectivity index (χ0) is 22.3. The molecule has 1 atom stereocenters. The quantitative estimate of drug-likeness (QED) is 0.622. The number of carbonyl (C=O) groups is 3. The SMILES string of the molecule is O=C(c1ccccc1)C1CCN(C(=O)[C@@H]2CCC(=O)N(CCCc3ccccc3)C2)CC1. The lowest BCUT2D eigenvalue weighted by molar-refractivity contribution is -0.143. The summed E-state index contributed by atoms with van der Waals surface area (Å²) in [7, 11) is 0. The van der Waals surface area contributed by atoms with Crippen LogP contribution >= 0.6 is 0 Å². The Hall–Kier alpha value is -2.95. The van der Waals surface area contributed by atoms with Crippen molar-refractivity contribution >= 4 is 17.6 Å². The molecule has 2 aromatic rings. The van der Waals surface area contributed by atoms with Gasteiger partial charge in [0.15, 0.2) is 5.78 Å². The van der Waals surface area contributed by atoms with Crippen molar-refractivity contribution in [2.75, 3.05) is 26.2 Å². The molecule has 5 heteroatoms. The molecule has 2 saturated heterocycles. The van der Waals surface area contributed by atoms with Crippen LogP contribution in [0.4, 0.5) is 0 Å². The summed E-state index contributed by atoms with van der Waals surface area (Å²) >= 11 is 0. The number of piperidine rings is 2. The summed E-state index contributed by atoms with van der Waals surface area (Å²) in [4.78, 5) is 42.0. The Balaban J connectivity index is 1.26. The Kier molecular flexibility index (Phi) is 7.35. The van der Waals surface area contributed by atoms with E-state index < -0.39 is 0 Å². The van der Waals surface area contributed by atoms with Crippen molar-refractivity contribution < 1.29 is 14.4 Å². The normalized spacial score (nSPS) is 19.8. The molecule has 0 aliphatic carbocycles. The first-order valence-electron chi connectivity index (χ1n) is 11.8. The molecule has 2 fully saturated rings. The van der Waals surface area contributed by atoms with Gasteiger partial charge in [-0.05, 0) is 37.7 Å². The van der Waals surface area contributed by atoms with Gasteiger partial charge in [-0.2, -0.15) is 0 Å². The molecule has 0 unspecified atom stereocenters. The second-order valence-corrected chi connectivity index (χ2v) is 8.99. The number of hydrogen-bond acceptors (Lipinski definition) is 3. The van der Waals surface area contributed by atoms with Crippen LogP contribution in [0.3, 0.4) is 0 Å². The summed E-state index contributed by atoms with van der Waals surface area (Å²) in [5.74, 6) is 0.366. The van der Waals surface area contributed by atoms with Crippen LogP contribution in [0, 0.1) is 11.8 Å². The summed E-state index contributed by atoms with van der Waals surface area (Å²) in [5.41, 5.74) is 2.03. The zero-order valence-electron chi connectivity index (χ0n) is 18.6. The average molecular weight is 433 g/mol. The van der Waals surface area contributed by atoms with Gasteiger partial charge in [0.1, 0.15) is 0 Å². The first-order chi connectivity index (χ1) is 15.6. The van der Waals surface area contributed by atoms with E-state index in [4.69, 9.17) is 0 Å². The van der Waals surface area contributed by atoms with Gasteiger partial charge in [-0.25, -0.2) is 0 Å². The molecule has 0 saturated carbocycles. The highest BCUT2D eigenvalue weighted by Gasteiger charge is 2.35. The lowest BCUT2D eigenvalue weighted by atomic mass is 9.87. The van der Waals surface area contributed by atoms with Gasteiger partial charge >= 0.3 is 0 Å².